The molecule has 2 unspecified atom stereocenters. The Morgan fingerprint density at radius 2 is 2.43 bits per heavy atom. The van der Waals surface area contributed by atoms with Gasteiger partial charge in [0.25, 0.3) is 0 Å². The van der Waals surface area contributed by atoms with E-state index in [-0.39, 0.29) is 6.04 Å². The lowest BCUT2D eigenvalue weighted by Crippen LogP contribution is -2.34. The molecule has 3 heteroatoms. The second kappa shape index (κ2) is 6.00. The van der Waals surface area contributed by atoms with Gasteiger partial charge >= 0.3 is 0 Å². The Kier molecular flexibility index (Phi) is 4.92. The molecule has 0 spiro atoms. The van der Waals surface area contributed by atoms with Crippen LogP contribution < -0.4 is 5.32 Å². The first kappa shape index (κ1) is 11.5. The van der Waals surface area contributed by atoms with E-state index in [1.165, 1.54) is 32.4 Å². The molecule has 0 aromatic heterocycles. The van der Waals surface area contributed by atoms with Gasteiger partial charge in [-0.1, -0.05) is 0 Å². The summed E-state index contributed by atoms with van der Waals surface area (Å²) in [5.74, 6) is 0.826. The van der Waals surface area contributed by atoms with Crippen LogP contribution in [0.5, 0.6) is 0 Å². The van der Waals surface area contributed by atoms with Gasteiger partial charge in [0.15, 0.2) is 0 Å². The van der Waals surface area contributed by atoms with Crippen molar-refractivity contribution in [1.29, 1.82) is 5.26 Å². The van der Waals surface area contributed by atoms with Gasteiger partial charge in [-0.2, -0.15) is 5.26 Å². The molecule has 2 atom stereocenters. The third-order valence-corrected chi connectivity index (χ3v) is 2.92. The molecule has 0 bridgehead atoms. The fourth-order valence-electron chi connectivity index (χ4n) is 2.06. The summed E-state index contributed by atoms with van der Waals surface area (Å²) in [6.07, 6.45) is 3.89. The number of nitrogens with one attached hydrogen (secondary N) is 1. The maximum absolute atomic E-state index is 8.59. The van der Waals surface area contributed by atoms with E-state index in [4.69, 9.17) is 5.26 Å². The average molecular weight is 195 g/mol. The van der Waals surface area contributed by atoms with Gasteiger partial charge in [0.2, 0.25) is 0 Å². The van der Waals surface area contributed by atoms with E-state index in [1.54, 1.807) is 0 Å². The number of rotatable bonds is 4. The molecule has 3 nitrogen and oxygen atoms in total. The molecule has 1 heterocycles. The summed E-state index contributed by atoms with van der Waals surface area (Å²) in [6.45, 7) is 5.36. The topological polar surface area (TPSA) is 39.1 Å². The molecule has 1 saturated heterocycles. The van der Waals surface area contributed by atoms with Crippen molar-refractivity contribution in [2.45, 2.75) is 32.2 Å². The maximum Gasteiger partial charge on any atom is 0.0924 e. The molecule has 1 rings (SSSR count). The Balaban J connectivity index is 2.09. The van der Waals surface area contributed by atoms with E-state index >= 15 is 0 Å². The van der Waals surface area contributed by atoms with Crippen LogP contribution in [0.4, 0.5) is 0 Å². The maximum atomic E-state index is 8.59. The fourth-order valence-corrected chi connectivity index (χ4v) is 2.06. The summed E-state index contributed by atoms with van der Waals surface area (Å²) >= 11 is 0. The minimum absolute atomic E-state index is 0.00341. The average Bonchev–Trinajstić information content (AvgIpc) is 2.17. The zero-order chi connectivity index (χ0) is 10.4. The number of piperidine rings is 1. The van der Waals surface area contributed by atoms with E-state index in [9.17, 15) is 0 Å². The summed E-state index contributed by atoms with van der Waals surface area (Å²) in [6, 6.07) is 2.19. The number of hydrogen-bond acceptors (Lipinski definition) is 3. The Morgan fingerprint density at radius 1 is 1.64 bits per heavy atom. The highest BCUT2D eigenvalue weighted by Gasteiger charge is 2.16. The van der Waals surface area contributed by atoms with Crippen LogP contribution >= 0.6 is 0 Å². The molecule has 0 saturated carbocycles. The number of likely N-dealkylation sites (tertiary alicyclic amines) is 1. The SMILES string of the molecule is CC(C#N)NCCC1CCCN(C)C1. The Labute approximate surface area is 87.1 Å². The highest BCUT2D eigenvalue weighted by molar-refractivity contribution is 4.85. The van der Waals surface area contributed by atoms with E-state index in [1.807, 2.05) is 6.92 Å². The van der Waals surface area contributed by atoms with Crippen LogP contribution in [0.3, 0.4) is 0 Å². The molecule has 0 aromatic carbocycles. The first-order valence-electron chi connectivity index (χ1n) is 5.54. The molecule has 14 heavy (non-hydrogen) atoms. The molecule has 80 valence electrons. The van der Waals surface area contributed by atoms with Crippen molar-refractivity contribution in [3.8, 4) is 6.07 Å². The molecule has 1 N–H and O–H groups in total. The second-order valence-corrected chi connectivity index (χ2v) is 4.36. The minimum atomic E-state index is -0.00341. The Bertz CT molecular complexity index is 197. The summed E-state index contributed by atoms with van der Waals surface area (Å²) < 4.78 is 0. The van der Waals surface area contributed by atoms with Crippen LogP contribution in [-0.4, -0.2) is 37.6 Å². The van der Waals surface area contributed by atoms with Crippen molar-refractivity contribution in [2.24, 2.45) is 5.92 Å². The van der Waals surface area contributed by atoms with Gasteiger partial charge in [-0.25, -0.2) is 0 Å². The molecular formula is C11H21N3. The van der Waals surface area contributed by atoms with Crippen molar-refractivity contribution in [3.63, 3.8) is 0 Å². The van der Waals surface area contributed by atoms with Gasteiger partial charge in [-0.15, -0.1) is 0 Å². The second-order valence-electron chi connectivity index (χ2n) is 4.36. The highest BCUT2D eigenvalue weighted by Crippen LogP contribution is 2.17. The number of nitriles is 1. The fraction of sp³-hybridized carbons (Fsp3) is 0.909. The third-order valence-electron chi connectivity index (χ3n) is 2.92. The van der Waals surface area contributed by atoms with Crippen LogP contribution in [0.2, 0.25) is 0 Å². The molecule has 0 aromatic rings. The standard InChI is InChI=1S/C11H21N3/c1-10(8-12)13-6-5-11-4-3-7-14(2)9-11/h10-11,13H,3-7,9H2,1-2H3. The lowest BCUT2D eigenvalue weighted by atomic mass is 9.95. The van der Waals surface area contributed by atoms with Crippen molar-refractivity contribution in [2.75, 3.05) is 26.7 Å². The first-order chi connectivity index (χ1) is 6.72. The van der Waals surface area contributed by atoms with Crippen LogP contribution in [-0.2, 0) is 0 Å². The van der Waals surface area contributed by atoms with E-state index in [0.29, 0.717) is 0 Å². The van der Waals surface area contributed by atoms with Crippen molar-refractivity contribution >= 4 is 0 Å². The molecule has 1 aliphatic heterocycles. The first-order valence-corrected chi connectivity index (χ1v) is 5.54. The van der Waals surface area contributed by atoms with Gasteiger partial charge in [-0.05, 0) is 52.2 Å². The van der Waals surface area contributed by atoms with Crippen molar-refractivity contribution in [1.82, 2.24) is 10.2 Å². The predicted molar refractivity (Wildman–Crippen MR) is 57.9 cm³/mol. The third kappa shape index (κ3) is 4.08. The molecule has 0 aliphatic carbocycles. The summed E-state index contributed by atoms with van der Waals surface area (Å²) in [4.78, 5) is 2.40. The molecular weight excluding hydrogens is 174 g/mol. The lowest BCUT2D eigenvalue weighted by molar-refractivity contribution is 0.201. The van der Waals surface area contributed by atoms with Crippen LogP contribution in [0.25, 0.3) is 0 Å². The van der Waals surface area contributed by atoms with Crippen molar-refractivity contribution in [3.05, 3.63) is 0 Å². The van der Waals surface area contributed by atoms with Gasteiger partial charge in [-0.3, -0.25) is 0 Å². The monoisotopic (exact) mass is 195 g/mol. The van der Waals surface area contributed by atoms with E-state index < -0.39 is 0 Å². The van der Waals surface area contributed by atoms with Gasteiger partial charge in [0.05, 0.1) is 12.1 Å². The summed E-state index contributed by atoms with van der Waals surface area (Å²) in [5, 5.41) is 11.8. The Hall–Kier alpha value is -0.590. The van der Waals surface area contributed by atoms with Crippen LogP contribution in [0.1, 0.15) is 26.2 Å². The molecule has 0 radical (unpaired) electrons. The largest absolute Gasteiger partial charge is 0.306 e. The van der Waals surface area contributed by atoms with Crippen LogP contribution in [0.15, 0.2) is 0 Å². The normalized spacial score (nSPS) is 25.6. The van der Waals surface area contributed by atoms with E-state index in [0.717, 1.165) is 12.5 Å². The van der Waals surface area contributed by atoms with Crippen LogP contribution in [0, 0.1) is 17.2 Å². The zero-order valence-corrected chi connectivity index (χ0v) is 9.29. The molecule has 1 fully saturated rings. The smallest absolute Gasteiger partial charge is 0.0924 e. The summed E-state index contributed by atoms with van der Waals surface area (Å²) in [7, 11) is 2.19. The lowest BCUT2D eigenvalue weighted by Gasteiger charge is -2.29. The Morgan fingerprint density at radius 3 is 3.07 bits per heavy atom. The quantitative estimate of drug-likeness (QED) is 0.733. The van der Waals surface area contributed by atoms with Gasteiger partial charge in [0.1, 0.15) is 0 Å². The van der Waals surface area contributed by atoms with Crippen molar-refractivity contribution < 1.29 is 0 Å². The number of nitrogens with zero attached hydrogens (tertiary/aromatic N) is 2. The highest BCUT2D eigenvalue weighted by atomic mass is 15.1. The molecule has 0 amide bonds. The van der Waals surface area contributed by atoms with E-state index in [2.05, 4.69) is 23.3 Å². The molecule has 1 aliphatic rings. The minimum Gasteiger partial charge on any atom is -0.306 e. The van der Waals surface area contributed by atoms with Gasteiger partial charge < -0.3 is 10.2 Å². The van der Waals surface area contributed by atoms with Gasteiger partial charge in [0, 0.05) is 6.54 Å². The summed E-state index contributed by atoms with van der Waals surface area (Å²) in [5.41, 5.74) is 0. The number of hydrogen-bond donors (Lipinski definition) is 1. The predicted octanol–water partition coefficient (Wildman–Crippen LogP) is 1.22. The zero-order valence-electron chi connectivity index (χ0n) is 9.29.